The lowest BCUT2D eigenvalue weighted by Crippen LogP contribution is -2.29. The van der Waals surface area contributed by atoms with Crippen molar-refractivity contribution in [2.24, 2.45) is 0 Å². The maximum absolute atomic E-state index is 12.0. The molecule has 0 bridgehead atoms. The molecule has 2 aromatic carbocycles. The van der Waals surface area contributed by atoms with Gasteiger partial charge in [-0.2, -0.15) is 0 Å². The van der Waals surface area contributed by atoms with Crippen LogP contribution < -0.4 is 4.90 Å². The Balaban J connectivity index is 2.21. The summed E-state index contributed by atoms with van der Waals surface area (Å²) in [6.07, 6.45) is 4.08. The number of hydrogen-bond donors (Lipinski definition) is 0. The smallest absolute Gasteiger partial charge is 0.224 e. The van der Waals surface area contributed by atoms with Gasteiger partial charge in [-0.05, 0) is 34.9 Å². The maximum Gasteiger partial charge on any atom is 0.224 e. The standard InChI is InChI=1S/C17H14ClNO/c1-12(20)19-11-15-5-3-2-4-13(15)6-7-14-10-16(18)8-9-17(14)19/h2-10H,11H2,1H3. The Hall–Kier alpha value is -2.06. The van der Waals surface area contributed by atoms with Crippen molar-refractivity contribution in [3.8, 4) is 0 Å². The van der Waals surface area contributed by atoms with Crippen molar-refractivity contribution in [3.63, 3.8) is 0 Å². The number of nitrogens with zero attached hydrogens (tertiary/aromatic N) is 1. The van der Waals surface area contributed by atoms with Crippen LogP contribution in [0.25, 0.3) is 12.2 Å². The van der Waals surface area contributed by atoms with Crippen LogP contribution in [-0.4, -0.2) is 5.91 Å². The zero-order valence-corrected chi connectivity index (χ0v) is 11.9. The van der Waals surface area contributed by atoms with Gasteiger partial charge < -0.3 is 4.90 Å². The van der Waals surface area contributed by atoms with Crippen molar-refractivity contribution in [2.45, 2.75) is 13.5 Å². The summed E-state index contributed by atoms with van der Waals surface area (Å²) in [5, 5.41) is 0.672. The molecule has 3 rings (SSSR count). The molecule has 0 radical (unpaired) electrons. The van der Waals surface area contributed by atoms with E-state index in [1.807, 2.05) is 36.4 Å². The van der Waals surface area contributed by atoms with Crippen LogP contribution in [0.1, 0.15) is 23.6 Å². The highest BCUT2D eigenvalue weighted by molar-refractivity contribution is 6.30. The third kappa shape index (κ3) is 2.35. The molecule has 3 heteroatoms. The van der Waals surface area contributed by atoms with E-state index in [9.17, 15) is 4.79 Å². The van der Waals surface area contributed by atoms with E-state index in [4.69, 9.17) is 11.6 Å². The number of hydrogen-bond acceptors (Lipinski definition) is 1. The second kappa shape index (κ2) is 5.14. The Bertz CT molecular complexity index is 706. The molecule has 0 saturated heterocycles. The molecule has 1 aliphatic heterocycles. The Kier molecular flexibility index (Phi) is 3.33. The Labute approximate surface area is 123 Å². The lowest BCUT2D eigenvalue weighted by Gasteiger charge is -2.26. The van der Waals surface area contributed by atoms with Crippen molar-refractivity contribution in [1.29, 1.82) is 0 Å². The number of amides is 1. The number of anilines is 1. The molecular weight excluding hydrogens is 270 g/mol. The average molecular weight is 284 g/mol. The number of carbonyl (C=O) groups is 1. The minimum absolute atomic E-state index is 0.0266. The normalized spacial score (nSPS) is 13.2. The van der Waals surface area contributed by atoms with Crippen LogP contribution in [0.2, 0.25) is 5.02 Å². The summed E-state index contributed by atoms with van der Waals surface area (Å²) in [6, 6.07) is 13.7. The lowest BCUT2D eigenvalue weighted by atomic mass is 10.0. The molecule has 1 heterocycles. The Morgan fingerprint density at radius 3 is 2.65 bits per heavy atom. The molecule has 1 aliphatic rings. The van der Waals surface area contributed by atoms with Crippen LogP contribution in [0.5, 0.6) is 0 Å². The van der Waals surface area contributed by atoms with Crippen LogP contribution >= 0.6 is 11.6 Å². The summed E-state index contributed by atoms with van der Waals surface area (Å²) >= 11 is 6.06. The van der Waals surface area contributed by atoms with Crippen LogP contribution in [0.3, 0.4) is 0 Å². The SMILES string of the molecule is CC(=O)N1Cc2ccccc2C=Cc2cc(Cl)ccc21. The number of carbonyl (C=O) groups excluding carboxylic acids is 1. The van der Waals surface area contributed by atoms with Gasteiger partial charge in [-0.3, -0.25) is 4.79 Å². The van der Waals surface area contributed by atoms with Gasteiger partial charge in [-0.1, -0.05) is 48.0 Å². The van der Waals surface area contributed by atoms with E-state index < -0.39 is 0 Å². The highest BCUT2D eigenvalue weighted by Gasteiger charge is 2.18. The summed E-state index contributed by atoms with van der Waals surface area (Å²) in [5.41, 5.74) is 4.12. The highest BCUT2D eigenvalue weighted by atomic mass is 35.5. The second-order valence-corrected chi connectivity index (χ2v) is 5.28. The summed E-state index contributed by atoms with van der Waals surface area (Å²) in [6.45, 7) is 2.16. The lowest BCUT2D eigenvalue weighted by molar-refractivity contribution is -0.116. The van der Waals surface area contributed by atoms with Gasteiger partial charge >= 0.3 is 0 Å². The first-order chi connectivity index (χ1) is 9.65. The van der Waals surface area contributed by atoms with Gasteiger partial charge in [0.05, 0.1) is 12.2 Å². The first-order valence-electron chi connectivity index (χ1n) is 6.49. The minimum Gasteiger partial charge on any atom is -0.308 e. The largest absolute Gasteiger partial charge is 0.308 e. The third-order valence-electron chi connectivity index (χ3n) is 3.49. The predicted octanol–water partition coefficient (Wildman–Crippen LogP) is 4.38. The van der Waals surface area contributed by atoms with Crippen molar-refractivity contribution < 1.29 is 4.79 Å². The number of benzene rings is 2. The Morgan fingerprint density at radius 1 is 1.10 bits per heavy atom. The summed E-state index contributed by atoms with van der Waals surface area (Å²) < 4.78 is 0. The Morgan fingerprint density at radius 2 is 1.85 bits per heavy atom. The summed E-state index contributed by atoms with van der Waals surface area (Å²) in [5.74, 6) is 0.0266. The van der Waals surface area contributed by atoms with E-state index in [1.165, 1.54) is 0 Å². The van der Waals surface area contributed by atoms with Crippen molar-refractivity contribution in [1.82, 2.24) is 0 Å². The topological polar surface area (TPSA) is 20.3 Å². The molecule has 0 aliphatic carbocycles. The summed E-state index contributed by atoms with van der Waals surface area (Å²) in [4.78, 5) is 13.8. The van der Waals surface area contributed by atoms with E-state index in [0.29, 0.717) is 11.6 Å². The van der Waals surface area contributed by atoms with Gasteiger partial charge in [0.15, 0.2) is 0 Å². The monoisotopic (exact) mass is 283 g/mol. The third-order valence-corrected chi connectivity index (χ3v) is 3.72. The number of rotatable bonds is 0. The molecule has 0 N–H and O–H groups in total. The molecule has 2 nitrogen and oxygen atoms in total. The fraction of sp³-hybridized carbons (Fsp3) is 0.118. The van der Waals surface area contributed by atoms with E-state index in [1.54, 1.807) is 11.8 Å². The van der Waals surface area contributed by atoms with Gasteiger partial charge in [-0.25, -0.2) is 0 Å². The van der Waals surface area contributed by atoms with Crippen molar-refractivity contribution in [2.75, 3.05) is 4.90 Å². The van der Waals surface area contributed by atoms with Crippen LogP contribution in [0.4, 0.5) is 5.69 Å². The first kappa shape index (κ1) is 12.9. The fourth-order valence-corrected chi connectivity index (χ4v) is 2.64. The molecule has 2 aromatic rings. The molecular formula is C17H14ClNO. The van der Waals surface area contributed by atoms with Gasteiger partial charge in [0.25, 0.3) is 0 Å². The molecule has 0 unspecified atom stereocenters. The van der Waals surface area contributed by atoms with Crippen molar-refractivity contribution in [3.05, 3.63) is 64.2 Å². The quantitative estimate of drug-likeness (QED) is 0.703. The van der Waals surface area contributed by atoms with Gasteiger partial charge in [0.2, 0.25) is 5.91 Å². The molecule has 20 heavy (non-hydrogen) atoms. The van der Waals surface area contributed by atoms with Crippen molar-refractivity contribution >= 4 is 35.3 Å². The highest BCUT2D eigenvalue weighted by Crippen LogP contribution is 2.30. The molecule has 0 saturated carbocycles. The molecule has 100 valence electrons. The van der Waals surface area contributed by atoms with E-state index in [-0.39, 0.29) is 5.91 Å². The average Bonchev–Trinajstić information content (AvgIpc) is 2.41. The number of fused-ring (bicyclic) bond motifs is 2. The molecule has 0 atom stereocenters. The fourth-order valence-electron chi connectivity index (χ4n) is 2.46. The van der Waals surface area contributed by atoms with Crippen LogP contribution in [-0.2, 0) is 11.3 Å². The molecule has 0 aromatic heterocycles. The molecule has 0 spiro atoms. The van der Waals surface area contributed by atoms with Crippen LogP contribution in [0, 0.1) is 0 Å². The minimum atomic E-state index is 0.0266. The van der Waals surface area contributed by atoms with Crippen LogP contribution in [0.15, 0.2) is 42.5 Å². The molecule has 1 amide bonds. The van der Waals surface area contributed by atoms with Gasteiger partial charge in [0.1, 0.15) is 0 Å². The first-order valence-corrected chi connectivity index (χ1v) is 6.86. The zero-order valence-electron chi connectivity index (χ0n) is 11.1. The predicted molar refractivity (Wildman–Crippen MR) is 83.7 cm³/mol. The van der Waals surface area contributed by atoms with E-state index >= 15 is 0 Å². The van der Waals surface area contributed by atoms with Gasteiger partial charge in [-0.15, -0.1) is 0 Å². The molecule has 0 fully saturated rings. The maximum atomic E-state index is 12.0. The van der Waals surface area contributed by atoms with Gasteiger partial charge in [0, 0.05) is 11.9 Å². The number of halogens is 1. The summed E-state index contributed by atoms with van der Waals surface area (Å²) in [7, 11) is 0. The zero-order chi connectivity index (χ0) is 14.1. The second-order valence-electron chi connectivity index (χ2n) is 4.84. The van der Waals surface area contributed by atoms with E-state index in [2.05, 4.69) is 18.2 Å². The van der Waals surface area contributed by atoms with E-state index in [0.717, 1.165) is 22.4 Å².